The lowest BCUT2D eigenvalue weighted by Gasteiger charge is -2.26. The van der Waals surface area contributed by atoms with Gasteiger partial charge >= 0.3 is 0 Å². The van der Waals surface area contributed by atoms with E-state index < -0.39 is 0 Å². The van der Waals surface area contributed by atoms with Gasteiger partial charge in [0.25, 0.3) is 5.91 Å². The van der Waals surface area contributed by atoms with Gasteiger partial charge in [0, 0.05) is 31.7 Å². The molecule has 5 heteroatoms. The van der Waals surface area contributed by atoms with Crippen LogP contribution in [-0.4, -0.2) is 55.8 Å². The molecule has 1 N–H and O–H groups in total. The summed E-state index contributed by atoms with van der Waals surface area (Å²) in [5.41, 5.74) is 0.422. The first-order valence-electron chi connectivity index (χ1n) is 7.81. The molecule has 1 aliphatic heterocycles. The number of nitrogens with zero attached hydrogens (tertiary/aromatic N) is 1. The Kier molecular flexibility index (Phi) is 5.80. The maximum atomic E-state index is 12.1. The number of amides is 1. The molecule has 0 bridgehead atoms. The number of carbonyl (C=O) groups excluding carboxylic acids is 1. The molecule has 1 fully saturated rings. The first kappa shape index (κ1) is 16.8. The Balaban J connectivity index is 1.77. The van der Waals surface area contributed by atoms with E-state index in [1.165, 1.54) is 0 Å². The van der Waals surface area contributed by atoms with Gasteiger partial charge in [-0.1, -0.05) is 0 Å². The third kappa shape index (κ3) is 5.66. The number of hydrogen-bond acceptors (Lipinski definition) is 4. The molecule has 0 aliphatic carbocycles. The molecule has 0 saturated carbocycles. The molecule has 0 atom stereocenters. The second kappa shape index (κ2) is 7.61. The molecule has 0 spiro atoms. The van der Waals surface area contributed by atoms with Crippen LogP contribution in [0.2, 0.25) is 0 Å². The summed E-state index contributed by atoms with van der Waals surface area (Å²) in [7, 11) is 0. The van der Waals surface area contributed by atoms with E-state index in [1.807, 2.05) is 32.9 Å². The Labute approximate surface area is 132 Å². The van der Waals surface area contributed by atoms with E-state index in [-0.39, 0.29) is 11.5 Å². The molecule has 0 radical (unpaired) electrons. The van der Waals surface area contributed by atoms with Gasteiger partial charge in [-0.2, -0.15) is 0 Å². The van der Waals surface area contributed by atoms with Crippen LogP contribution in [0.15, 0.2) is 24.3 Å². The molecule has 5 nitrogen and oxygen atoms in total. The van der Waals surface area contributed by atoms with E-state index in [1.54, 1.807) is 12.1 Å². The number of ether oxygens (including phenoxy) is 2. The average molecular weight is 306 g/mol. The van der Waals surface area contributed by atoms with Crippen LogP contribution in [-0.2, 0) is 4.74 Å². The van der Waals surface area contributed by atoms with E-state index in [2.05, 4.69) is 10.2 Å². The highest BCUT2D eigenvalue weighted by atomic mass is 16.5. The van der Waals surface area contributed by atoms with Crippen molar-refractivity contribution in [3.8, 4) is 5.75 Å². The third-order valence-corrected chi connectivity index (χ3v) is 3.36. The largest absolute Gasteiger partial charge is 0.488 e. The van der Waals surface area contributed by atoms with Crippen molar-refractivity contribution in [3.63, 3.8) is 0 Å². The fraction of sp³-hybridized carbons (Fsp3) is 0.588. The van der Waals surface area contributed by atoms with Crippen LogP contribution >= 0.6 is 0 Å². The maximum absolute atomic E-state index is 12.1. The van der Waals surface area contributed by atoms with Gasteiger partial charge in [0.15, 0.2) is 0 Å². The predicted octanol–water partition coefficient (Wildman–Crippen LogP) is 1.93. The zero-order valence-electron chi connectivity index (χ0n) is 13.7. The summed E-state index contributed by atoms with van der Waals surface area (Å²) < 4.78 is 11.0. The van der Waals surface area contributed by atoms with E-state index in [4.69, 9.17) is 9.47 Å². The highest BCUT2D eigenvalue weighted by Gasteiger charge is 2.13. The Bertz CT molecular complexity index is 474. The number of rotatable bonds is 5. The number of hydrogen-bond donors (Lipinski definition) is 1. The molecular weight excluding hydrogens is 280 g/mol. The molecule has 22 heavy (non-hydrogen) atoms. The lowest BCUT2D eigenvalue weighted by Crippen LogP contribution is -2.41. The average Bonchev–Trinajstić information content (AvgIpc) is 2.47. The molecule has 0 unspecified atom stereocenters. The van der Waals surface area contributed by atoms with Crippen LogP contribution in [0.5, 0.6) is 5.75 Å². The monoisotopic (exact) mass is 306 g/mol. The highest BCUT2D eigenvalue weighted by Crippen LogP contribution is 2.18. The number of benzene rings is 1. The second-order valence-electron chi connectivity index (χ2n) is 6.45. The Hall–Kier alpha value is -1.59. The van der Waals surface area contributed by atoms with Crippen LogP contribution in [0.4, 0.5) is 0 Å². The summed E-state index contributed by atoms with van der Waals surface area (Å²) in [6, 6.07) is 7.26. The Morgan fingerprint density at radius 1 is 1.23 bits per heavy atom. The van der Waals surface area contributed by atoms with Crippen molar-refractivity contribution in [2.24, 2.45) is 0 Å². The zero-order chi connectivity index (χ0) is 16.0. The number of nitrogens with one attached hydrogen (secondary N) is 1. The van der Waals surface area contributed by atoms with E-state index in [9.17, 15) is 4.79 Å². The quantitative estimate of drug-likeness (QED) is 0.903. The van der Waals surface area contributed by atoms with Crippen LogP contribution in [0.1, 0.15) is 31.1 Å². The minimum absolute atomic E-state index is 0.0458. The van der Waals surface area contributed by atoms with Gasteiger partial charge in [0.2, 0.25) is 0 Å². The summed E-state index contributed by atoms with van der Waals surface area (Å²) in [5, 5.41) is 2.95. The predicted molar refractivity (Wildman–Crippen MR) is 86.4 cm³/mol. The summed E-state index contributed by atoms with van der Waals surface area (Å²) in [4.78, 5) is 14.4. The van der Waals surface area contributed by atoms with Gasteiger partial charge in [-0.25, -0.2) is 0 Å². The summed E-state index contributed by atoms with van der Waals surface area (Å²) in [6.45, 7) is 11.0. The highest BCUT2D eigenvalue weighted by molar-refractivity contribution is 5.94. The third-order valence-electron chi connectivity index (χ3n) is 3.36. The van der Waals surface area contributed by atoms with Gasteiger partial charge in [-0.3, -0.25) is 9.69 Å². The second-order valence-corrected chi connectivity index (χ2v) is 6.45. The van der Waals surface area contributed by atoms with Crippen molar-refractivity contribution in [1.82, 2.24) is 10.2 Å². The molecule has 1 aromatic rings. The first-order valence-corrected chi connectivity index (χ1v) is 7.81. The van der Waals surface area contributed by atoms with Crippen molar-refractivity contribution in [3.05, 3.63) is 29.8 Å². The molecule has 122 valence electrons. The summed E-state index contributed by atoms with van der Waals surface area (Å²) >= 11 is 0. The van der Waals surface area contributed by atoms with Crippen LogP contribution in [0.3, 0.4) is 0 Å². The minimum atomic E-state index is -0.234. The topological polar surface area (TPSA) is 50.8 Å². The van der Waals surface area contributed by atoms with Crippen molar-refractivity contribution < 1.29 is 14.3 Å². The van der Waals surface area contributed by atoms with Gasteiger partial charge in [-0.15, -0.1) is 0 Å². The van der Waals surface area contributed by atoms with Crippen LogP contribution in [0.25, 0.3) is 0 Å². The summed E-state index contributed by atoms with van der Waals surface area (Å²) in [5.74, 6) is 0.730. The smallest absolute Gasteiger partial charge is 0.251 e. The zero-order valence-corrected chi connectivity index (χ0v) is 13.7. The van der Waals surface area contributed by atoms with Gasteiger partial charge in [0.05, 0.1) is 13.2 Å². The molecule has 1 saturated heterocycles. The van der Waals surface area contributed by atoms with Crippen molar-refractivity contribution >= 4 is 5.91 Å². The van der Waals surface area contributed by atoms with E-state index in [0.717, 1.165) is 38.6 Å². The van der Waals surface area contributed by atoms with E-state index >= 15 is 0 Å². The molecule has 1 amide bonds. The lowest BCUT2D eigenvalue weighted by atomic mass is 10.1. The molecule has 1 aliphatic rings. The molecule has 1 heterocycles. The fourth-order valence-electron chi connectivity index (χ4n) is 2.28. The Morgan fingerprint density at radius 2 is 1.86 bits per heavy atom. The minimum Gasteiger partial charge on any atom is -0.488 e. The normalized spacial score (nSPS) is 16.3. The number of carbonyl (C=O) groups is 1. The fourth-order valence-corrected chi connectivity index (χ4v) is 2.28. The van der Waals surface area contributed by atoms with Gasteiger partial charge in [-0.05, 0) is 45.0 Å². The van der Waals surface area contributed by atoms with Gasteiger partial charge < -0.3 is 14.8 Å². The van der Waals surface area contributed by atoms with Gasteiger partial charge in [0.1, 0.15) is 11.4 Å². The van der Waals surface area contributed by atoms with Crippen LogP contribution in [0, 0.1) is 0 Å². The SMILES string of the molecule is CC(C)(C)Oc1ccc(C(=O)NCCN2CCOCC2)cc1. The van der Waals surface area contributed by atoms with Crippen LogP contribution < -0.4 is 10.1 Å². The molecule has 2 rings (SSSR count). The number of morpholine rings is 1. The standard InChI is InChI=1S/C17H26N2O3/c1-17(2,3)22-15-6-4-14(5-7-15)16(20)18-8-9-19-10-12-21-13-11-19/h4-7H,8-13H2,1-3H3,(H,18,20). The molecule has 0 aromatic heterocycles. The van der Waals surface area contributed by atoms with Crippen molar-refractivity contribution in [1.29, 1.82) is 0 Å². The van der Waals surface area contributed by atoms with Crippen molar-refractivity contribution in [2.75, 3.05) is 39.4 Å². The molecule has 1 aromatic carbocycles. The summed E-state index contributed by atoms with van der Waals surface area (Å²) in [6.07, 6.45) is 0. The van der Waals surface area contributed by atoms with Crippen molar-refractivity contribution in [2.45, 2.75) is 26.4 Å². The maximum Gasteiger partial charge on any atom is 0.251 e. The van der Waals surface area contributed by atoms with E-state index in [0.29, 0.717) is 12.1 Å². The first-order chi connectivity index (χ1) is 10.4. The lowest BCUT2D eigenvalue weighted by molar-refractivity contribution is 0.0383. The molecular formula is C17H26N2O3. The Morgan fingerprint density at radius 3 is 2.45 bits per heavy atom.